The second kappa shape index (κ2) is 6.61. The van der Waals surface area contributed by atoms with E-state index < -0.39 is 18.0 Å². The Hall–Kier alpha value is -2.08. The van der Waals surface area contributed by atoms with Crippen LogP contribution in [0.4, 0.5) is 5.69 Å². The van der Waals surface area contributed by atoms with Crippen LogP contribution >= 0.6 is 0 Å². The van der Waals surface area contributed by atoms with E-state index in [0.29, 0.717) is 11.4 Å². The molecule has 6 nitrogen and oxygen atoms in total. The standard InChI is InChI=1S/C12H15NO5/c1-8(12(15)16)18-7-11(14)13-9-4-3-5-10(6-9)17-2/h3-6,8H,7H2,1-2H3,(H,13,14)(H,15,16)/t8-/m1/s1. The van der Waals surface area contributed by atoms with E-state index in [-0.39, 0.29) is 6.61 Å². The number of benzene rings is 1. The highest BCUT2D eigenvalue weighted by molar-refractivity contribution is 5.92. The van der Waals surface area contributed by atoms with E-state index >= 15 is 0 Å². The van der Waals surface area contributed by atoms with Crippen LogP contribution in [0.1, 0.15) is 6.92 Å². The zero-order valence-corrected chi connectivity index (χ0v) is 10.2. The molecule has 2 N–H and O–H groups in total. The molecule has 1 aromatic rings. The van der Waals surface area contributed by atoms with E-state index in [9.17, 15) is 9.59 Å². The van der Waals surface area contributed by atoms with Gasteiger partial charge in [0.2, 0.25) is 5.91 Å². The molecule has 0 aliphatic carbocycles. The van der Waals surface area contributed by atoms with E-state index in [1.165, 1.54) is 14.0 Å². The predicted molar refractivity (Wildman–Crippen MR) is 64.7 cm³/mol. The summed E-state index contributed by atoms with van der Waals surface area (Å²) in [5.41, 5.74) is 0.561. The maximum Gasteiger partial charge on any atom is 0.332 e. The molecular formula is C12H15NO5. The third-order valence-corrected chi connectivity index (χ3v) is 2.17. The Labute approximate surface area is 105 Å². The lowest BCUT2D eigenvalue weighted by molar-refractivity contribution is -0.150. The molecule has 18 heavy (non-hydrogen) atoms. The van der Waals surface area contributed by atoms with Crippen molar-refractivity contribution >= 4 is 17.6 Å². The summed E-state index contributed by atoms with van der Waals surface area (Å²) in [5, 5.41) is 11.2. The number of carboxylic acids is 1. The lowest BCUT2D eigenvalue weighted by Crippen LogP contribution is -2.26. The monoisotopic (exact) mass is 253 g/mol. The minimum absolute atomic E-state index is 0.315. The van der Waals surface area contributed by atoms with Gasteiger partial charge >= 0.3 is 5.97 Å². The van der Waals surface area contributed by atoms with Gasteiger partial charge in [0.25, 0.3) is 0 Å². The number of nitrogens with one attached hydrogen (secondary N) is 1. The van der Waals surface area contributed by atoms with Gasteiger partial charge < -0.3 is 19.9 Å². The molecule has 1 amide bonds. The first-order chi connectivity index (χ1) is 8.52. The molecule has 0 fully saturated rings. The summed E-state index contributed by atoms with van der Waals surface area (Å²) < 4.78 is 9.86. The highest BCUT2D eigenvalue weighted by atomic mass is 16.5. The number of carboxylic acid groups (broad SMARTS) is 1. The van der Waals surface area contributed by atoms with Crippen molar-refractivity contribution in [1.29, 1.82) is 0 Å². The molecule has 0 spiro atoms. The number of ether oxygens (including phenoxy) is 2. The van der Waals surface area contributed by atoms with E-state index in [1.807, 2.05) is 0 Å². The predicted octanol–water partition coefficient (Wildman–Crippen LogP) is 1.12. The normalized spacial score (nSPS) is 11.7. The van der Waals surface area contributed by atoms with Gasteiger partial charge in [-0.2, -0.15) is 0 Å². The van der Waals surface area contributed by atoms with Crippen LogP contribution < -0.4 is 10.1 Å². The molecule has 0 unspecified atom stereocenters. The maximum absolute atomic E-state index is 11.5. The van der Waals surface area contributed by atoms with Gasteiger partial charge in [-0.1, -0.05) is 6.07 Å². The number of carbonyl (C=O) groups is 2. The molecule has 0 radical (unpaired) electrons. The average Bonchev–Trinajstić information content (AvgIpc) is 2.36. The van der Waals surface area contributed by atoms with Crippen molar-refractivity contribution in [1.82, 2.24) is 0 Å². The molecular weight excluding hydrogens is 238 g/mol. The molecule has 0 heterocycles. The Kier molecular flexibility index (Phi) is 5.13. The third-order valence-electron chi connectivity index (χ3n) is 2.17. The largest absolute Gasteiger partial charge is 0.497 e. The Morgan fingerprint density at radius 3 is 2.78 bits per heavy atom. The van der Waals surface area contributed by atoms with Crippen molar-refractivity contribution in [2.75, 3.05) is 19.0 Å². The summed E-state index contributed by atoms with van der Waals surface area (Å²) in [7, 11) is 1.53. The summed E-state index contributed by atoms with van der Waals surface area (Å²) in [6, 6.07) is 6.83. The Morgan fingerprint density at radius 2 is 2.17 bits per heavy atom. The fourth-order valence-electron chi connectivity index (χ4n) is 1.17. The number of carbonyl (C=O) groups excluding carboxylic acids is 1. The van der Waals surface area contributed by atoms with Crippen molar-refractivity contribution in [3.63, 3.8) is 0 Å². The van der Waals surface area contributed by atoms with Crippen molar-refractivity contribution < 1.29 is 24.2 Å². The second-order valence-electron chi connectivity index (χ2n) is 3.57. The van der Waals surface area contributed by atoms with E-state index in [4.69, 9.17) is 14.6 Å². The second-order valence-corrected chi connectivity index (χ2v) is 3.57. The fraction of sp³-hybridized carbons (Fsp3) is 0.333. The maximum atomic E-state index is 11.5. The summed E-state index contributed by atoms with van der Waals surface area (Å²) in [5.74, 6) is -0.909. The Morgan fingerprint density at radius 1 is 1.44 bits per heavy atom. The number of anilines is 1. The molecule has 1 atom stereocenters. The van der Waals surface area contributed by atoms with Gasteiger partial charge in [0.1, 0.15) is 12.4 Å². The lowest BCUT2D eigenvalue weighted by atomic mass is 10.3. The molecule has 0 saturated heterocycles. The lowest BCUT2D eigenvalue weighted by Gasteiger charge is -2.09. The van der Waals surface area contributed by atoms with Crippen molar-refractivity contribution in [3.8, 4) is 5.75 Å². The van der Waals surface area contributed by atoms with Crippen molar-refractivity contribution in [2.45, 2.75) is 13.0 Å². The van der Waals surface area contributed by atoms with Crippen LogP contribution in [0.15, 0.2) is 24.3 Å². The topological polar surface area (TPSA) is 84.9 Å². The minimum atomic E-state index is -1.11. The first-order valence-electron chi connectivity index (χ1n) is 5.31. The van der Waals surface area contributed by atoms with Gasteiger partial charge in [-0.05, 0) is 19.1 Å². The minimum Gasteiger partial charge on any atom is -0.497 e. The Bertz CT molecular complexity index is 432. The van der Waals surface area contributed by atoms with Crippen LogP contribution in [0, 0.1) is 0 Å². The molecule has 6 heteroatoms. The van der Waals surface area contributed by atoms with E-state index in [2.05, 4.69) is 5.32 Å². The van der Waals surface area contributed by atoms with E-state index in [0.717, 1.165) is 0 Å². The fourth-order valence-corrected chi connectivity index (χ4v) is 1.17. The van der Waals surface area contributed by atoms with Gasteiger partial charge in [-0.15, -0.1) is 0 Å². The summed E-state index contributed by atoms with van der Waals surface area (Å²) in [6.45, 7) is 1.05. The van der Waals surface area contributed by atoms with Crippen LogP contribution in [-0.2, 0) is 14.3 Å². The summed E-state index contributed by atoms with van der Waals surface area (Å²) in [4.78, 5) is 21.9. The molecule has 1 rings (SSSR count). The first-order valence-corrected chi connectivity index (χ1v) is 5.31. The summed E-state index contributed by atoms with van der Waals surface area (Å²) >= 11 is 0. The molecule has 0 bridgehead atoms. The first kappa shape index (κ1) is 14.0. The molecule has 0 aliphatic rings. The van der Waals surface area contributed by atoms with Gasteiger partial charge in [-0.25, -0.2) is 4.79 Å². The number of methoxy groups -OCH3 is 1. The number of hydrogen-bond acceptors (Lipinski definition) is 4. The SMILES string of the molecule is COc1cccc(NC(=O)CO[C@H](C)C(=O)O)c1. The molecule has 0 aromatic heterocycles. The zero-order chi connectivity index (χ0) is 13.5. The number of rotatable bonds is 6. The van der Waals surface area contributed by atoms with Crippen molar-refractivity contribution in [2.24, 2.45) is 0 Å². The van der Waals surface area contributed by atoms with Crippen molar-refractivity contribution in [3.05, 3.63) is 24.3 Å². The van der Waals surface area contributed by atoms with Gasteiger partial charge in [0.15, 0.2) is 6.10 Å². The number of amides is 1. The van der Waals surface area contributed by atoms with E-state index in [1.54, 1.807) is 24.3 Å². The van der Waals surface area contributed by atoms with Gasteiger partial charge in [0, 0.05) is 11.8 Å². The Balaban J connectivity index is 2.46. The van der Waals surface area contributed by atoms with Gasteiger partial charge in [-0.3, -0.25) is 4.79 Å². The zero-order valence-electron chi connectivity index (χ0n) is 10.2. The van der Waals surface area contributed by atoms with Crippen LogP contribution in [0.3, 0.4) is 0 Å². The van der Waals surface area contributed by atoms with Gasteiger partial charge in [0.05, 0.1) is 7.11 Å². The van der Waals surface area contributed by atoms with Crippen LogP contribution in [0.25, 0.3) is 0 Å². The smallest absolute Gasteiger partial charge is 0.332 e. The van der Waals surface area contributed by atoms with Crippen LogP contribution in [0.2, 0.25) is 0 Å². The van der Waals surface area contributed by atoms with Crippen LogP contribution in [-0.4, -0.2) is 36.8 Å². The number of aliphatic carboxylic acids is 1. The summed E-state index contributed by atoms with van der Waals surface area (Å²) in [6.07, 6.45) is -1.01. The highest BCUT2D eigenvalue weighted by Crippen LogP contribution is 2.16. The molecule has 98 valence electrons. The third kappa shape index (κ3) is 4.42. The highest BCUT2D eigenvalue weighted by Gasteiger charge is 2.13. The molecule has 0 saturated carbocycles. The number of hydrogen-bond donors (Lipinski definition) is 2. The quantitative estimate of drug-likeness (QED) is 0.793. The molecule has 0 aliphatic heterocycles. The van der Waals surface area contributed by atoms with Crippen LogP contribution in [0.5, 0.6) is 5.75 Å². The average molecular weight is 253 g/mol. The molecule has 1 aromatic carbocycles.